The number of nitrogens with one attached hydrogen (secondary N) is 1. The molecule has 1 aliphatic rings. The van der Waals surface area contributed by atoms with Crippen molar-refractivity contribution >= 4 is 11.6 Å². The summed E-state index contributed by atoms with van der Waals surface area (Å²) in [6, 6.07) is 5.16. The van der Waals surface area contributed by atoms with E-state index < -0.39 is 0 Å². The maximum atomic E-state index is 14.0. The van der Waals surface area contributed by atoms with Crippen LogP contribution in [0.4, 0.5) is 4.39 Å². The summed E-state index contributed by atoms with van der Waals surface area (Å²) >= 11 is 5.85. The third kappa shape index (κ3) is 3.97. The van der Waals surface area contributed by atoms with Crippen molar-refractivity contribution in [2.45, 2.75) is 38.6 Å². The minimum atomic E-state index is -0.325. The highest BCUT2D eigenvalue weighted by Crippen LogP contribution is 2.22. The quantitative estimate of drug-likeness (QED) is 0.854. The number of halogens is 2. The molecule has 0 saturated heterocycles. The second kappa shape index (κ2) is 7.65. The molecule has 1 unspecified atom stereocenters. The molecule has 1 aromatic rings. The van der Waals surface area contributed by atoms with Crippen LogP contribution in [0.2, 0.25) is 5.02 Å². The molecule has 0 aliphatic carbocycles. The third-order valence-electron chi connectivity index (χ3n) is 3.40. The minimum Gasteiger partial charge on any atom is -0.497 e. The molecule has 1 heterocycles. The zero-order valence-electron chi connectivity index (χ0n) is 11.8. The molecule has 0 bridgehead atoms. The number of hydrogen-bond donors (Lipinski definition) is 1. The number of ether oxygens (including phenoxy) is 1. The van der Waals surface area contributed by atoms with Crippen LogP contribution in [0.25, 0.3) is 0 Å². The molecule has 2 rings (SSSR count). The van der Waals surface area contributed by atoms with E-state index in [1.807, 2.05) is 0 Å². The van der Waals surface area contributed by atoms with Crippen molar-refractivity contribution in [3.05, 3.63) is 46.4 Å². The maximum absolute atomic E-state index is 14.0. The van der Waals surface area contributed by atoms with E-state index in [2.05, 4.69) is 18.3 Å². The van der Waals surface area contributed by atoms with Gasteiger partial charge in [-0.25, -0.2) is 4.39 Å². The third-order valence-corrected chi connectivity index (χ3v) is 3.69. The van der Waals surface area contributed by atoms with Crippen LogP contribution in [0.5, 0.6) is 0 Å². The number of allylic oxidation sites excluding steroid dienone is 1. The first-order chi connectivity index (χ1) is 9.72. The van der Waals surface area contributed by atoms with Crippen LogP contribution >= 0.6 is 11.6 Å². The van der Waals surface area contributed by atoms with Gasteiger partial charge in [-0.15, -0.1) is 0 Å². The number of hydrogen-bond acceptors (Lipinski definition) is 2. The Balaban J connectivity index is 2.14. The Morgan fingerprint density at radius 1 is 1.45 bits per heavy atom. The summed E-state index contributed by atoms with van der Waals surface area (Å²) in [6.45, 7) is 3.74. The SMILES string of the molecule is CCCNC(Cc1cccc(Cl)c1F)C1=CCCCO1. The highest BCUT2D eigenvalue weighted by molar-refractivity contribution is 6.30. The molecule has 0 radical (unpaired) electrons. The lowest BCUT2D eigenvalue weighted by atomic mass is 10.0. The van der Waals surface area contributed by atoms with Gasteiger partial charge in [0.1, 0.15) is 11.6 Å². The standard InChI is InChI=1S/C16H21ClFNO/c1-2-9-19-14(15-8-3-4-10-20-15)11-12-6-5-7-13(17)16(12)18/h5-8,14,19H,2-4,9-11H2,1H3. The van der Waals surface area contributed by atoms with E-state index in [4.69, 9.17) is 16.3 Å². The summed E-state index contributed by atoms with van der Waals surface area (Å²) in [6.07, 6.45) is 5.77. The van der Waals surface area contributed by atoms with E-state index in [9.17, 15) is 4.39 Å². The molecule has 20 heavy (non-hydrogen) atoms. The van der Waals surface area contributed by atoms with Gasteiger partial charge in [-0.3, -0.25) is 0 Å². The van der Waals surface area contributed by atoms with Crippen LogP contribution in [-0.2, 0) is 11.2 Å². The molecule has 0 spiro atoms. The number of rotatable bonds is 6. The smallest absolute Gasteiger partial charge is 0.145 e. The van der Waals surface area contributed by atoms with Gasteiger partial charge in [0.2, 0.25) is 0 Å². The summed E-state index contributed by atoms with van der Waals surface area (Å²) in [7, 11) is 0. The summed E-state index contributed by atoms with van der Waals surface area (Å²) in [5.74, 6) is 0.609. The molecule has 1 atom stereocenters. The van der Waals surface area contributed by atoms with E-state index in [1.54, 1.807) is 18.2 Å². The molecule has 4 heteroatoms. The lowest BCUT2D eigenvalue weighted by Gasteiger charge is -2.25. The molecule has 2 nitrogen and oxygen atoms in total. The van der Waals surface area contributed by atoms with E-state index >= 15 is 0 Å². The molecule has 0 saturated carbocycles. The van der Waals surface area contributed by atoms with Crippen molar-refractivity contribution in [2.75, 3.05) is 13.2 Å². The Kier molecular flexibility index (Phi) is 5.86. The maximum Gasteiger partial charge on any atom is 0.145 e. The Morgan fingerprint density at radius 2 is 2.30 bits per heavy atom. The van der Waals surface area contributed by atoms with Crippen LogP contribution in [0.3, 0.4) is 0 Å². The van der Waals surface area contributed by atoms with Gasteiger partial charge in [-0.1, -0.05) is 30.7 Å². The summed E-state index contributed by atoms with van der Waals surface area (Å²) in [4.78, 5) is 0. The zero-order chi connectivity index (χ0) is 14.4. The average molecular weight is 298 g/mol. The fourth-order valence-corrected chi connectivity index (χ4v) is 2.53. The highest BCUT2D eigenvalue weighted by atomic mass is 35.5. The van der Waals surface area contributed by atoms with Gasteiger partial charge in [-0.05, 0) is 49.9 Å². The first-order valence-corrected chi connectivity index (χ1v) is 7.59. The van der Waals surface area contributed by atoms with Crippen LogP contribution in [-0.4, -0.2) is 19.2 Å². The average Bonchev–Trinajstić information content (AvgIpc) is 2.48. The van der Waals surface area contributed by atoms with Crippen LogP contribution in [0, 0.1) is 5.82 Å². The normalized spacial score (nSPS) is 16.4. The first-order valence-electron chi connectivity index (χ1n) is 7.21. The van der Waals surface area contributed by atoms with Crippen molar-refractivity contribution < 1.29 is 9.13 Å². The van der Waals surface area contributed by atoms with E-state index in [-0.39, 0.29) is 16.9 Å². The minimum absolute atomic E-state index is 0.0169. The number of benzene rings is 1. The van der Waals surface area contributed by atoms with Crippen LogP contribution in [0.1, 0.15) is 31.7 Å². The molecule has 0 fully saturated rings. The second-order valence-electron chi connectivity index (χ2n) is 5.02. The molecular formula is C16H21ClFNO. The highest BCUT2D eigenvalue weighted by Gasteiger charge is 2.20. The predicted molar refractivity (Wildman–Crippen MR) is 80.5 cm³/mol. The van der Waals surface area contributed by atoms with Crippen molar-refractivity contribution in [3.63, 3.8) is 0 Å². The Morgan fingerprint density at radius 3 is 3.00 bits per heavy atom. The Hall–Kier alpha value is -1.06. The molecule has 1 aromatic carbocycles. The van der Waals surface area contributed by atoms with Crippen molar-refractivity contribution in [1.29, 1.82) is 0 Å². The lowest BCUT2D eigenvalue weighted by Crippen LogP contribution is -2.35. The van der Waals surface area contributed by atoms with E-state index in [1.165, 1.54) is 0 Å². The molecule has 0 aromatic heterocycles. The Labute approximate surface area is 125 Å². The van der Waals surface area contributed by atoms with Gasteiger partial charge in [0.05, 0.1) is 17.7 Å². The molecule has 1 aliphatic heterocycles. The fraction of sp³-hybridized carbons (Fsp3) is 0.500. The van der Waals surface area contributed by atoms with Gasteiger partial charge < -0.3 is 10.1 Å². The van der Waals surface area contributed by atoms with Gasteiger partial charge in [0.15, 0.2) is 0 Å². The van der Waals surface area contributed by atoms with Crippen LogP contribution < -0.4 is 5.32 Å². The van der Waals surface area contributed by atoms with E-state index in [0.29, 0.717) is 12.0 Å². The van der Waals surface area contributed by atoms with Gasteiger partial charge in [-0.2, -0.15) is 0 Å². The topological polar surface area (TPSA) is 21.3 Å². The summed E-state index contributed by atoms with van der Waals surface area (Å²) < 4.78 is 19.8. The lowest BCUT2D eigenvalue weighted by molar-refractivity contribution is 0.167. The first kappa shape index (κ1) is 15.3. The molecule has 110 valence electrons. The molecule has 0 amide bonds. The van der Waals surface area contributed by atoms with E-state index in [0.717, 1.165) is 38.2 Å². The molecule has 1 N–H and O–H groups in total. The van der Waals surface area contributed by atoms with Gasteiger partial charge in [0, 0.05) is 0 Å². The van der Waals surface area contributed by atoms with Gasteiger partial charge >= 0.3 is 0 Å². The summed E-state index contributed by atoms with van der Waals surface area (Å²) in [5, 5.41) is 3.61. The van der Waals surface area contributed by atoms with Crippen molar-refractivity contribution in [1.82, 2.24) is 5.32 Å². The largest absolute Gasteiger partial charge is 0.497 e. The second-order valence-corrected chi connectivity index (χ2v) is 5.43. The Bertz CT molecular complexity index is 476. The monoisotopic (exact) mass is 297 g/mol. The fourth-order valence-electron chi connectivity index (χ4n) is 2.34. The van der Waals surface area contributed by atoms with Crippen molar-refractivity contribution in [3.8, 4) is 0 Å². The predicted octanol–water partition coefficient (Wildman–Crippen LogP) is 4.08. The van der Waals surface area contributed by atoms with Crippen molar-refractivity contribution in [2.24, 2.45) is 0 Å². The molecular weight excluding hydrogens is 277 g/mol. The van der Waals surface area contributed by atoms with Gasteiger partial charge in [0.25, 0.3) is 0 Å². The zero-order valence-corrected chi connectivity index (χ0v) is 12.5. The van der Waals surface area contributed by atoms with Crippen LogP contribution in [0.15, 0.2) is 30.0 Å². The summed E-state index contributed by atoms with van der Waals surface area (Å²) in [5.41, 5.74) is 0.626.